The zero-order valence-electron chi connectivity index (χ0n) is 10.8. The Kier molecular flexibility index (Phi) is 2.95. The molecule has 3 aromatic rings. The number of rotatable bonds is 2. The summed E-state index contributed by atoms with van der Waals surface area (Å²) in [6.45, 7) is 0. The van der Waals surface area contributed by atoms with Gasteiger partial charge in [-0.05, 0) is 30.3 Å². The quantitative estimate of drug-likeness (QED) is 0.778. The number of aromatic nitrogens is 2. The molecule has 0 aliphatic carbocycles. The number of hydrogen-bond acceptors (Lipinski definition) is 3. The van der Waals surface area contributed by atoms with Crippen LogP contribution in [0.3, 0.4) is 0 Å². The fourth-order valence-electron chi connectivity index (χ4n) is 2.02. The van der Waals surface area contributed by atoms with Crippen LogP contribution in [0.25, 0.3) is 10.9 Å². The van der Waals surface area contributed by atoms with Gasteiger partial charge in [-0.3, -0.25) is 4.79 Å². The molecule has 0 amide bonds. The number of hydrogen-bond donors (Lipinski definition) is 1. The second kappa shape index (κ2) is 4.77. The molecule has 0 aliphatic heterocycles. The summed E-state index contributed by atoms with van der Waals surface area (Å²) in [7, 11) is 1.71. The molecule has 0 fully saturated rings. The van der Waals surface area contributed by atoms with E-state index < -0.39 is 0 Å². The van der Waals surface area contributed by atoms with Crippen LogP contribution in [0.15, 0.2) is 53.5 Å². The summed E-state index contributed by atoms with van der Waals surface area (Å²) in [5, 5.41) is 3.96. The molecule has 0 saturated heterocycles. The summed E-state index contributed by atoms with van der Waals surface area (Å²) >= 11 is 0. The third kappa shape index (κ3) is 2.25. The van der Waals surface area contributed by atoms with Gasteiger partial charge in [0.05, 0.1) is 5.52 Å². The van der Waals surface area contributed by atoms with E-state index >= 15 is 0 Å². The molecule has 20 heavy (non-hydrogen) atoms. The molecular formula is C15H12FN3O. The van der Waals surface area contributed by atoms with Crippen LogP contribution in [-0.2, 0) is 7.05 Å². The van der Waals surface area contributed by atoms with Crippen LogP contribution in [0.2, 0.25) is 0 Å². The number of anilines is 2. The Bertz CT molecular complexity index is 825. The zero-order valence-corrected chi connectivity index (χ0v) is 10.8. The Labute approximate surface area is 114 Å². The van der Waals surface area contributed by atoms with Gasteiger partial charge in [0, 0.05) is 36.5 Å². The minimum atomic E-state index is -0.288. The average Bonchev–Trinajstić information content (AvgIpc) is 2.46. The molecule has 0 atom stereocenters. The Morgan fingerprint density at radius 3 is 2.65 bits per heavy atom. The predicted octanol–water partition coefficient (Wildman–Crippen LogP) is 2.82. The molecule has 0 aliphatic rings. The van der Waals surface area contributed by atoms with Crippen LogP contribution in [0, 0.1) is 5.82 Å². The van der Waals surface area contributed by atoms with Crippen molar-refractivity contribution in [2.24, 2.45) is 7.05 Å². The lowest BCUT2D eigenvalue weighted by Crippen LogP contribution is -2.15. The van der Waals surface area contributed by atoms with E-state index in [9.17, 15) is 9.18 Å². The van der Waals surface area contributed by atoms with Crippen LogP contribution in [0.1, 0.15) is 0 Å². The summed E-state index contributed by atoms with van der Waals surface area (Å²) in [6, 6.07) is 11.1. The topological polar surface area (TPSA) is 46.9 Å². The summed E-state index contributed by atoms with van der Waals surface area (Å²) in [5.74, 6) is 0.315. The van der Waals surface area contributed by atoms with Gasteiger partial charge >= 0.3 is 0 Å². The Balaban J connectivity index is 2.02. The van der Waals surface area contributed by atoms with Crippen LogP contribution in [-0.4, -0.2) is 9.55 Å². The highest BCUT2D eigenvalue weighted by molar-refractivity contribution is 5.81. The van der Waals surface area contributed by atoms with Gasteiger partial charge in [-0.2, -0.15) is 0 Å². The van der Waals surface area contributed by atoms with E-state index in [2.05, 4.69) is 10.3 Å². The summed E-state index contributed by atoms with van der Waals surface area (Å²) in [5.41, 5.74) is 1.45. The lowest BCUT2D eigenvalue weighted by Gasteiger charge is -2.08. The van der Waals surface area contributed by atoms with Gasteiger partial charge in [0.15, 0.2) is 0 Å². The first-order valence-electron chi connectivity index (χ1n) is 6.12. The van der Waals surface area contributed by atoms with Crippen molar-refractivity contribution in [3.63, 3.8) is 0 Å². The highest BCUT2D eigenvalue weighted by Crippen LogP contribution is 2.18. The summed E-state index contributed by atoms with van der Waals surface area (Å²) in [6.07, 6.45) is 1.70. The molecule has 1 aromatic carbocycles. The van der Waals surface area contributed by atoms with Gasteiger partial charge in [-0.25, -0.2) is 9.37 Å². The first kappa shape index (κ1) is 12.3. The largest absolute Gasteiger partial charge is 0.340 e. The number of pyridine rings is 2. The van der Waals surface area contributed by atoms with E-state index in [0.717, 1.165) is 16.6 Å². The highest BCUT2D eigenvalue weighted by Gasteiger charge is 2.03. The predicted molar refractivity (Wildman–Crippen MR) is 76.7 cm³/mol. The van der Waals surface area contributed by atoms with E-state index in [1.807, 2.05) is 0 Å². The van der Waals surface area contributed by atoms with Crippen molar-refractivity contribution in [2.75, 3.05) is 5.32 Å². The van der Waals surface area contributed by atoms with E-state index in [1.54, 1.807) is 42.1 Å². The average molecular weight is 269 g/mol. The lowest BCUT2D eigenvalue weighted by atomic mass is 10.2. The van der Waals surface area contributed by atoms with Crippen molar-refractivity contribution in [2.45, 2.75) is 0 Å². The lowest BCUT2D eigenvalue weighted by molar-refractivity contribution is 0.628. The molecule has 100 valence electrons. The van der Waals surface area contributed by atoms with Crippen LogP contribution < -0.4 is 10.9 Å². The molecule has 0 saturated carbocycles. The van der Waals surface area contributed by atoms with Crippen molar-refractivity contribution in [1.29, 1.82) is 0 Å². The molecule has 5 heteroatoms. The fraction of sp³-hybridized carbons (Fsp3) is 0.0667. The number of benzene rings is 1. The zero-order chi connectivity index (χ0) is 14.1. The maximum Gasteiger partial charge on any atom is 0.250 e. The molecule has 0 unspecified atom stereocenters. The number of fused-ring (bicyclic) bond motifs is 1. The Morgan fingerprint density at radius 1 is 1.15 bits per heavy atom. The molecule has 0 spiro atoms. The SMILES string of the molecule is Cn1c(=O)ccc2cnc(Nc3ccc(F)cc3)cc21. The molecule has 2 heterocycles. The van der Waals surface area contributed by atoms with Gasteiger partial charge in [0.2, 0.25) is 0 Å². The molecule has 4 nitrogen and oxygen atoms in total. The minimum Gasteiger partial charge on any atom is -0.340 e. The van der Waals surface area contributed by atoms with Crippen LogP contribution in [0.5, 0.6) is 0 Å². The first-order valence-corrected chi connectivity index (χ1v) is 6.12. The maximum atomic E-state index is 12.8. The van der Waals surface area contributed by atoms with Crippen molar-refractivity contribution in [3.8, 4) is 0 Å². The first-order chi connectivity index (χ1) is 9.63. The van der Waals surface area contributed by atoms with E-state index in [4.69, 9.17) is 0 Å². The number of aryl methyl sites for hydroxylation is 1. The molecule has 3 rings (SSSR count). The van der Waals surface area contributed by atoms with E-state index in [0.29, 0.717) is 5.82 Å². The maximum absolute atomic E-state index is 12.8. The van der Waals surface area contributed by atoms with E-state index in [1.165, 1.54) is 18.2 Å². The van der Waals surface area contributed by atoms with Crippen molar-refractivity contribution >= 4 is 22.4 Å². The highest BCUT2D eigenvalue weighted by atomic mass is 19.1. The summed E-state index contributed by atoms with van der Waals surface area (Å²) in [4.78, 5) is 15.9. The van der Waals surface area contributed by atoms with Gasteiger partial charge in [-0.15, -0.1) is 0 Å². The molecular weight excluding hydrogens is 257 g/mol. The van der Waals surface area contributed by atoms with Crippen LogP contribution >= 0.6 is 0 Å². The van der Waals surface area contributed by atoms with Gasteiger partial charge in [-0.1, -0.05) is 0 Å². The Hall–Kier alpha value is -2.69. The molecule has 2 aromatic heterocycles. The molecule has 0 bridgehead atoms. The number of nitrogens with one attached hydrogen (secondary N) is 1. The standard InChI is InChI=1S/C15H12FN3O/c1-19-13-8-14(17-9-10(13)2-7-15(19)20)18-12-5-3-11(16)4-6-12/h2-9H,1H3,(H,17,18). The second-order valence-electron chi connectivity index (χ2n) is 4.49. The van der Waals surface area contributed by atoms with Crippen molar-refractivity contribution in [1.82, 2.24) is 9.55 Å². The fourth-order valence-corrected chi connectivity index (χ4v) is 2.02. The summed E-state index contributed by atoms with van der Waals surface area (Å²) < 4.78 is 14.4. The third-order valence-electron chi connectivity index (χ3n) is 3.13. The van der Waals surface area contributed by atoms with E-state index in [-0.39, 0.29) is 11.4 Å². The van der Waals surface area contributed by atoms with Crippen molar-refractivity contribution in [3.05, 3.63) is 64.8 Å². The number of nitrogens with zero attached hydrogens (tertiary/aromatic N) is 2. The Morgan fingerprint density at radius 2 is 1.90 bits per heavy atom. The molecule has 1 N–H and O–H groups in total. The normalized spacial score (nSPS) is 10.7. The molecule has 0 radical (unpaired) electrons. The third-order valence-corrected chi connectivity index (χ3v) is 3.13. The van der Waals surface area contributed by atoms with Gasteiger partial charge in [0.1, 0.15) is 11.6 Å². The smallest absolute Gasteiger partial charge is 0.250 e. The van der Waals surface area contributed by atoms with Gasteiger partial charge in [0.25, 0.3) is 5.56 Å². The van der Waals surface area contributed by atoms with Gasteiger partial charge < -0.3 is 9.88 Å². The van der Waals surface area contributed by atoms with Crippen LogP contribution in [0.4, 0.5) is 15.9 Å². The monoisotopic (exact) mass is 269 g/mol. The second-order valence-corrected chi connectivity index (χ2v) is 4.49. The van der Waals surface area contributed by atoms with Crippen molar-refractivity contribution < 1.29 is 4.39 Å². The number of halogens is 1. The minimum absolute atomic E-state index is 0.0727.